The van der Waals surface area contributed by atoms with Gasteiger partial charge in [-0.05, 0) is 49.4 Å². The number of allylic oxidation sites excluding steroid dienone is 1. The van der Waals surface area contributed by atoms with Crippen molar-refractivity contribution < 1.29 is 19.1 Å². The number of hydrogen-bond acceptors (Lipinski definition) is 4. The molecule has 0 spiro atoms. The van der Waals surface area contributed by atoms with Crippen LogP contribution in [-0.2, 0) is 9.53 Å². The number of anilines is 2. The van der Waals surface area contributed by atoms with Crippen molar-refractivity contribution in [1.29, 1.82) is 0 Å². The summed E-state index contributed by atoms with van der Waals surface area (Å²) in [5.74, 6) is -0.460. The quantitative estimate of drug-likeness (QED) is 0.368. The fourth-order valence-electron chi connectivity index (χ4n) is 4.38. The van der Waals surface area contributed by atoms with E-state index in [1.807, 2.05) is 49.4 Å². The maximum atomic E-state index is 12.8. The Hall–Kier alpha value is -4.33. The molecule has 186 valence electrons. The lowest BCUT2D eigenvalue weighted by Gasteiger charge is -2.35. The van der Waals surface area contributed by atoms with Gasteiger partial charge >= 0.3 is 18.0 Å². The van der Waals surface area contributed by atoms with Crippen molar-refractivity contribution in [3.63, 3.8) is 0 Å². The van der Waals surface area contributed by atoms with Crippen LogP contribution in [0.25, 0.3) is 10.8 Å². The van der Waals surface area contributed by atoms with Gasteiger partial charge in [0.15, 0.2) is 0 Å². The molecule has 8 heteroatoms. The van der Waals surface area contributed by atoms with Gasteiger partial charge in [0.1, 0.15) is 0 Å². The third-order valence-corrected chi connectivity index (χ3v) is 6.08. The van der Waals surface area contributed by atoms with E-state index >= 15 is 0 Å². The Morgan fingerprint density at radius 3 is 2.42 bits per heavy atom. The van der Waals surface area contributed by atoms with Crippen LogP contribution in [0.2, 0.25) is 0 Å². The zero-order valence-corrected chi connectivity index (χ0v) is 20.6. The molecule has 3 aromatic carbocycles. The second-order valence-electron chi connectivity index (χ2n) is 8.48. The second-order valence-corrected chi connectivity index (χ2v) is 8.48. The standard InChI is InChI=1S/C28H30N4O4/c1-4-17-32-18(3)24(26(33)36-5-2)25(31-28(32)35)20-13-15-21(16-14-20)29-27(34)30-23-12-8-10-19-9-6-7-11-22(19)23/h6-16,25H,4-5,17H2,1-3H3,(H,31,35)(H2,29,30,34)/t25-/m1/s1. The van der Waals surface area contributed by atoms with Gasteiger partial charge in [-0.3, -0.25) is 4.90 Å². The monoisotopic (exact) mass is 486 g/mol. The topological polar surface area (TPSA) is 99.8 Å². The van der Waals surface area contributed by atoms with E-state index in [0.29, 0.717) is 34.8 Å². The first kappa shape index (κ1) is 24.8. The van der Waals surface area contributed by atoms with Crippen molar-refractivity contribution in [3.8, 4) is 0 Å². The van der Waals surface area contributed by atoms with E-state index in [4.69, 9.17) is 4.74 Å². The van der Waals surface area contributed by atoms with E-state index in [9.17, 15) is 14.4 Å². The Labute approximate surface area is 210 Å². The van der Waals surface area contributed by atoms with Gasteiger partial charge in [0.2, 0.25) is 0 Å². The van der Waals surface area contributed by atoms with Crippen LogP contribution in [0.15, 0.2) is 78.0 Å². The molecule has 0 saturated heterocycles. The van der Waals surface area contributed by atoms with Crippen LogP contribution in [0.1, 0.15) is 38.8 Å². The number of carbonyl (C=O) groups is 3. The molecule has 0 unspecified atom stereocenters. The van der Waals surface area contributed by atoms with E-state index in [1.54, 1.807) is 43.0 Å². The Bertz CT molecular complexity index is 1310. The lowest BCUT2D eigenvalue weighted by molar-refractivity contribution is -0.139. The molecule has 0 aliphatic carbocycles. The third-order valence-electron chi connectivity index (χ3n) is 6.08. The fourth-order valence-corrected chi connectivity index (χ4v) is 4.38. The molecular formula is C28H30N4O4. The number of rotatable bonds is 7. The molecule has 3 aromatic rings. The number of hydrogen-bond donors (Lipinski definition) is 3. The number of ether oxygens (including phenoxy) is 1. The van der Waals surface area contributed by atoms with Gasteiger partial charge in [-0.1, -0.05) is 55.5 Å². The molecule has 4 amide bonds. The summed E-state index contributed by atoms with van der Waals surface area (Å²) < 4.78 is 5.29. The first-order valence-corrected chi connectivity index (χ1v) is 12.0. The fraction of sp³-hybridized carbons (Fsp3) is 0.250. The third kappa shape index (κ3) is 5.17. The highest BCUT2D eigenvalue weighted by Crippen LogP contribution is 2.32. The summed E-state index contributed by atoms with van der Waals surface area (Å²) in [5, 5.41) is 10.6. The number of fused-ring (bicyclic) bond motifs is 1. The zero-order chi connectivity index (χ0) is 25.7. The molecule has 0 aromatic heterocycles. The van der Waals surface area contributed by atoms with Crippen LogP contribution in [0.3, 0.4) is 0 Å². The second kappa shape index (κ2) is 10.9. The molecule has 0 saturated carbocycles. The van der Waals surface area contributed by atoms with Crippen LogP contribution in [0, 0.1) is 0 Å². The van der Waals surface area contributed by atoms with Gasteiger partial charge in [-0.15, -0.1) is 0 Å². The summed E-state index contributed by atoms with van der Waals surface area (Å²) in [6.07, 6.45) is 0.757. The minimum atomic E-state index is -0.650. The van der Waals surface area contributed by atoms with Crippen molar-refractivity contribution in [2.45, 2.75) is 33.2 Å². The van der Waals surface area contributed by atoms with E-state index in [-0.39, 0.29) is 18.7 Å². The van der Waals surface area contributed by atoms with Crippen LogP contribution in [0.5, 0.6) is 0 Å². The molecule has 1 heterocycles. The summed E-state index contributed by atoms with van der Waals surface area (Å²) in [7, 11) is 0. The number of nitrogens with one attached hydrogen (secondary N) is 3. The highest BCUT2D eigenvalue weighted by Gasteiger charge is 2.36. The van der Waals surface area contributed by atoms with Crippen molar-refractivity contribution in [2.24, 2.45) is 0 Å². The number of nitrogens with zero attached hydrogens (tertiary/aromatic N) is 1. The highest BCUT2D eigenvalue weighted by molar-refractivity contribution is 6.06. The molecular weight excluding hydrogens is 456 g/mol. The lowest BCUT2D eigenvalue weighted by Crippen LogP contribution is -2.48. The number of carbonyl (C=O) groups excluding carboxylic acids is 3. The molecule has 0 bridgehead atoms. The van der Waals surface area contributed by atoms with Gasteiger partial charge in [0, 0.05) is 23.3 Å². The molecule has 3 N–H and O–H groups in total. The molecule has 0 fully saturated rings. The van der Waals surface area contributed by atoms with Crippen LogP contribution >= 0.6 is 0 Å². The average molecular weight is 487 g/mol. The van der Waals surface area contributed by atoms with Crippen LogP contribution in [-0.4, -0.2) is 36.1 Å². The summed E-state index contributed by atoms with van der Waals surface area (Å²) >= 11 is 0. The Morgan fingerprint density at radius 1 is 0.972 bits per heavy atom. The normalized spacial score (nSPS) is 15.5. The molecule has 36 heavy (non-hydrogen) atoms. The molecule has 1 atom stereocenters. The predicted octanol–water partition coefficient (Wildman–Crippen LogP) is 5.80. The number of benzene rings is 3. The molecule has 8 nitrogen and oxygen atoms in total. The van der Waals surface area contributed by atoms with E-state index in [2.05, 4.69) is 16.0 Å². The minimum Gasteiger partial charge on any atom is -0.463 e. The first-order chi connectivity index (χ1) is 17.4. The van der Waals surface area contributed by atoms with Crippen LogP contribution in [0.4, 0.5) is 21.0 Å². The Morgan fingerprint density at radius 2 is 1.69 bits per heavy atom. The van der Waals surface area contributed by atoms with E-state index in [0.717, 1.165) is 17.2 Å². The molecule has 1 aliphatic heterocycles. The van der Waals surface area contributed by atoms with Crippen molar-refractivity contribution in [3.05, 3.63) is 83.6 Å². The Kier molecular flexibility index (Phi) is 7.53. The van der Waals surface area contributed by atoms with Crippen molar-refractivity contribution in [2.75, 3.05) is 23.8 Å². The maximum absolute atomic E-state index is 12.8. The summed E-state index contributed by atoms with van der Waals surface area (Å²) in [5.41, 5.74) is 2.98. The average Bonchev–Trinajstić information content (AvgIpc) is 2.87. The zero-order valence-electron chi connectivity index (χ0n) is 20.6. The predicted molar refractivity (Wildman–Crippen MR) is 141 cm³/mol. The maximum Gasteiger partial charge on any atom is 0.338 e. The molecule has 0 radical (unpaired) electrons. The number of urea groups is 2. The largest absolute Gasteiger partial charge is 0.463 e. The van der Waals surface area contributed by atoms with Gasteiger partial charge < -0.3 is 20.7 Å². The minimum absolute atomic E-state index is 0.235. The summed E-state index contributed by atoms with van der Waals surface area (Å²) in [6.45, 7) is 6.22. The van der Waals surface area contributed by atoms with Gasteiger partial charge in [-0.2, -0.15) is 0 Å². The van der Waals surface area contributed by atoms with Crippen molar-refractivity contribution >= 4 is 40.2 Å². The van der Waals surface area contributed by atoms with E-state index < -0.39 is 12.0 Å². The summed E-state index contributed by atoms with van der Waals surface area (Å²) in [6, 6.07) is 19.3. The molecule has 4 rings (SSSR count). The first-order valence-electron chi connectivity index (χ1n) is 12.0. The highest BCUT2D eigenvalue weighted by atomic mass is 16.5. The van der Waals surface area contributed by atoms with Crippen molar-refractivity contribution in [1.82, 2.24) is 10.2 Å². The van der Waals surface area contributed by atoms with Gasteiger partial charge in [0.25, 0.3) is 0 Å². The lowest BCUT2D eigenvalue weighted by atomic mass is 9.94. The SMILES string of the molecule is CCCN1C(=O)N[C@H](c2ccc(NC(=O)Nc3cccc4ccccc34)cc2)C(C(=O)OCC)=C1C. The Balaban J connectivity index is 1.53. The van der Waals surface area contributed by atoms with E-state index in [1.165, 1.54) is 0 Å². The smallest absolute Gasteiger partial charge is 0.338 e. The van der Waals surface area contributed by atoms with Gasteiger partial charge in [0.05, 0.1) is 23.9 Å². The summed E-state index contributed by atoms with van der Waals surface area (Å²) in [4.78, 5) is 39.8. The van der Waals surface area contributed by atoms with Crippen LogP contribution < -0.4 is 16.0 Å². The molecule has 1 aliphatic rings. The number of esters is 1. The van der Waals surface area contributed by atoms with Gasteiger partial charge in [-0.25, -0.2) is 14.4 Å². The number of amides is 4.